The van der Waals surface area contributed by atoms with Crippen LogP contribution in [0.1, 0.15) is 37.3 Å². The Morgan fingerprint density at radius 1 is 1.42 bits per heavy atom. The Morgan fingerprint density at radius 2 is 2.13 bits per heavy atom. The number of nitrogens with zero attached hydrogens (tertiary/aromatic N) is 4. The molecule has 1 aromatic rings. The third-order valence-corrected chi connectivity index (χ3v) is 6.18. The molecule has 0 aliphatic carbocycles. The summed E-state index contributed by atoms with van der Waals surface area (Å²) in [6.45, 7) is 9.09. The molecule has 2 aliphatic rings. The smallest absolute Gasteiger partial charge is 0.273 e. The van der Waals surface area contributed by atoms with Gasteiger partial charge < -0.3 is 10.2 Å². The van der Waals surface area contributed by atoms with Gasteiger partial charge >= 0.3 is 0 Å². The molecular weight excluding hydrogens is 401 g/mol. The summed E-state index contributed by atoms with van der Waals surface area (Å²) in [5.41, 5.74) is 2.18. The van der Waals surface area contributed by atoms with Crippen molar-refractivity contribution in [2.24, 2.45) is 4.99 Å². The molecule has 1 amide bonds. The van der Waals surface area contributed by atoms with Gasteiger partial charge in [-0.2, -0.15) is 0 Å². The first-order chi connectivity index (χ1) is 14.8. The van der Waals surface area contributed by atoms with Crippen LogP contribution in [0.5, 0.6) is 0 Å². The molecule has 0 spiro atoms. The molecule has 0 radical (unpaired) electrons. The number of nitro groups is 1. The van der Waals surface area contributed by atoms with E-state index >= 15 is 0 Å². The summed E-state index contributed by atoms with van der Waals surface area (Å²) in [7, 11) is 0. The average molecular weight is 432 g/mol. The van der Waals surface area contributed by atoms with Crippen molar-refractivity contribution < 1.29 is 14.1 Å². The highest BCUT2D eigenvalue weighted by Gasteiger charge is 2.33. The van der Waals surface area contributed by atoms with Gasteiger partial charge in [-0.25, -0.2) is 4.39 Å². The Hall–Kier alpha value is -2.81. The van der Waals surface area contributed by atoms with Gasteiger partial charge in [0.1, 0.15) is 6.17 Å². The largest absolute Gasteiger partial charge is 0.382 e. The summed E-state index contributed by atoms with van der Waals surface area (Å²) in [5, 5.41) is 14.8. The number of hydrogen-bond donors (Lipinski definition) is 1. The second-order valence-corrected chi connectivity index (χ2v) is 8.35. The number of hydrogen-bond acceptors (Lipinski definition) is 6. The molecule has 9 heteroatoms. The van der Waals surface area contributed by atoms with Gasteiger partial charge in [-0.15, -0.1) is 0 Å². The number of rotatable bonds is 7. The van der Waals surface area contributed by atoms with Crippen molar-refractivity contribution in [2.45, 2.75) is 51.4 Å². The predicted octanol–water partition coefficient (Wildman–Crippen LogP) is 3.41. The molecule has 0 unspecified atom stereocenters. The molecule has 2 heterocycles. The number of carbonyl (C=O) groups excluding carboxylic acids is 1. The number of benzene rings is 1. The first-order valence-electron chi connectivity index (χ1n) is 10.6. The molecule has 1 N–H and O–H groups in total. The summed E-state index contributed by atoms with van der Waals surface area (Å²) in [4.78, 5) is 30.9. The molecule has 168 valence electrons. The average Bonchev–Trinajstić information content (AvgIpc) is 3.07. The van der Waals surface area contributed by atoms with Crippen LogP contribution in [-0.2, 0) is 4.79 Å². The SMILES string of the molecule is C=N/C=C\c1c(NC2CCN(CC(=O)N3C[C@@H](F)C[C@H]3C)CC2)ccc([N+](=O)[O-])c1C. The monoisotopic (exact) mass is 431 g/mol. The zero-order chi connectivity index (χ0) is 22.5. The van der Waals surface area contributed by atoms with Crippen molar-refractivity contribution in [1.82, 2.24) is 9.80 Å². The van der Waals surface area contributed by atoms with Gasteiger partial charge in [0, 0.05) is 60.7 Å². The highest BCUT2D eigenvalue weighted by atomic mass is 19.1. The third-order valence-electron chi connectivity index (χ3n) is 6.18. The number of alkyl halides is 1. The van der Waals surface area contributed by atoms with E-state index < -0.39 is 6.17 Å². The number of carbonyl (C=O) groups is 1. The second kappa shape index (κ2) is 10.00. The number of anilines is 1. The maximum Gasteiger partial charge on any atom is 0.273 e. The van der Waals surface area contributed by atoms with E-state index in [4.69, 9.17) is 0 Å². The number of piperidine rings is 1. The number of amides is 1. The van der Waals surface area contributed by atoms with Crippen molar-refractivity contribution in [3.8, 4) is 0 Å². The minimum Gasteiger partial charge on any atom is -0.382 e. The molecule has 1 aromatic carbocycles. The van der Waals surface area contributed by atoms with E-state index in [9.17, 15) is 19.3 Å². The minimum atomic E-state index is -0.918. The zero-order valence-corrected chi connectivity index (χ0v) is 18.1. The Bertz CT molecular complexity index is 867. The van der Waals surface area contributed by atoms with Crippen LogP contribution in [-0.4, -0.2) is 71.8 Å². The van der Waals surface area contributed by atoms with Gasteiger partial charge in [0.2, 0.25) is 5.91 Å². The zero-order valence-electron chi connectivity index (χ0n) is 18.1. The third kappa shape index (κ3) is 5.46. The molecule has 2 atom stereocenters. The summed E-state index contributed by atoms with van der Waals surface area (Å²) in [6.07, 6.45) is 4.43. The van der Waals surface area contributed by atoms with Gasteiger partial charge in [0.15, 0.2) is 0 Å². The molecule has 3 rings (SSSR count). The van der Waals surface area contributed by atoms with Crippen LogP contribution in [0.2, 0.25) is 0 Å². The Balaban J connectivity index is 1.60. The van der Waals surface area contributed by atoms with Crippen molar-refractivity contribution >= 4 is 30.1 Å². The van der Waals surface area contributed by atoms with Crippen molar-refractivity contribution in [3.05, 3.63) is 39.6 Å². The highest BCUT2D eigenvalue weighted by molar-refractivity contribution is 5.79. The van der Waals surface area contributed by atoms with E-state index in [1.165, 1.54) is 12.3 Å². The molecule has 0 aromatic heterocycles. The Morgan fingerprint density at radius 3 is 2.71 bits per heavy atom. The summed E-state index contributed by atoms with van der Waals surface area (Å²) >= 11 is 0. The van der Waals surface area contributed by atoms with Crippen LogP contribution in [0.25, 0.3) is 6.08 Å². The lowest BCUT2D eigenvalue weighted by atomic mass is 10.0. The van der Waals surface area contributed by atoms with Crippen molar-refractivity contribution in [3.63, 3.8) is 0 Å². The lowest BCUT2D eigenvalue weighted by Crippen LogP contribution is -2.46. The Kier molecular flexibility index (Phi) is 7.37. The molecule has 0 saturated carbocycles. The van der Waals surface area contributed by atoms with Crippen LogP contribution >= 0.6 is 0 Å². The first-order valence-corrected chi connectivity index (χ1v) is 10.6. The maximum atomic E-state index is 13.6. The number of aliphatic imine (C=N–C) groups is 1. The van der Waals surface area contributed by atoms with Crippen LogP contribution in [0.15, 0.2) is 23.3 Å². The highest BCUT2D eigenvalue weighted by Crippen LogP contribution is 2.31. The molecule has 31 heavy (non-hydrogen) atoms. The van der Waals surface area contributed by atoms with Gasteiger partial charge in [-0.05, 0) is 45.5 Å². The van der Waals surface area contributed by atoms with E-state index in [1.807, 2.05) is 6.92 Å². The van der Waals surface area contributed by atoms with E-state index in [-0.39, 0.29) is 35.1 Å². The summed E-state index contributed by atoms with van der Waals surface area (Å²) in [6, 6.07) is 3.39. The van der Waals surface area contributed by atoms with Crippen molar-refractivity contribution in [2.75, 3.05) is 31.5 Å². The lowest BCUT2D eigenvalue weighted by molar-refractivity contribution is -0.385. The van der Waals surface area contributed by atoms with Gasteiger partial charge in [-0.3, -0.25) is 24.8 Å². The summed E-state index contributed by atoms with van der Waals surface area (Å²) in [5.74, 6) is -0.00518. The fraction of sp³-hybridized carbons (Fsp3) is 0.545. The topological polar surface area (TPSA) is 91.1 Å². The number of nitrogens with one attached hydrogen (secondary N) is 1. The second-order valence-electron chi connectivity index (χ2n) is 8.35. The normalized spacial score (nSPS) is 22.7. The molecule has 2 saturated heterocycles. The van der Waals surface area contributed by atoms with E-state index in [0.717, 1.165) is 37.2 Å². The fourth-order valence-corrected chi connectivity index (χ4v) is 4.43. The molecule has 8 nitrogen and oxygen atoms in total. The maximum absolute atomic E-state index is 13.6. The van der Waals surface area contributed by atoms with Crippen molar-refractivity contribution in [1.29, 1.82) is 0 Å². The van der Waals surface area contributed by atoms with Crippen LogP contribution < -0.4 is 5.32 Å². The van der Waals surface area contributed by atoms with E-state index in [1.54, 1.807) is 24.0 Å². The van der Waals surface area contributed by atoms with Gasteiger partial charge in [0.05, 0.1) is 18.0 Å². The number of likely N-dealkylation sites (tertiary alicyclic amines) is 2. The molecular formula is C22H30FN5O3. The number of halogens is 1. The standard InChI is InChI=1S/C22H30FN5O3/c1-15-12-17(23)13-27(15)22(29)14-26-10-7-18(8-11-26)25-20-4-5-21(28(30)31)16(2)19(20)6-9-24-3/h4-6,9,15,17-18,25H,3,7-8,10-14H2,1-2H3/b9-6-/t15-,17+/m1/s1. The van der Waals surface area contributed by atoms with E-state index in [2.05, 4.69) is 21.9 Å². The predicted molar refractivity (Wildman–Crippen MR) is 120 cm³/mol. The lowest BCUT2D eigenvalue weighted by Gasteiger charge is -2.34. The van der Waals surface area contributed by atoms with Crippen LogP contribution in [0.3, 0.4) is 0 Å². The number of nitro benzene ring substituents is 1. The molecule has 0 bridgehead atoms. The first kappa shape index (κ1) is 22.9. The van der Waals surface area contributed by atoms with Crippen LogP contribution in [0, 0.1) is 17.0 Å². The summed E-state index contributed by atoms with van der Waals surface area (Å²) < 4.78 is 13.6. The van der Waals surface area contributed by atoms with E-state index in [0.29, 0.717) is 18.5 Å². The fourth-order valence-electron chi connectivity index (χ4n) is 4.43. The Labute approximate surface area is 182 Å². The van der Waals surface area contributed by atoms with Crippen LogP contribution in [0.4, 0.5) is 15.8 Å². The minimum absolute atomic E-state index is 0.00518. The van der Waals surface area contributed by atoms with Gasteiger partial charge in [-0.1, -0.05) is 0 Å². The molecule has 2 fully saturated rings. The molecule has 2 aliphatic heterocycles. The quantitative estimate of drug-likeness (QED) is 0.406. The van der Waals surface area contributed by atoms with Gasteiger partial charge in [0.25, 0.3) is 5.69 Å².